The van der Waals surface area contributed by atoms with Gasteiger partial charge in [-0.3, -0.25) is 0 Å². The Kier molecular flexibility index (Phi) is 7.17. The van der Waals surface area contributed by atoms with E-state index in [9.17, 15) is 0 Å². The Balaban J connectivity index is 1.04. The van der Waals surface area contributed by atoms with Crippen LogP contribution in [0.5, 0.6) is 0 Å². The van der Waals surface area contributed by atoms with Crippen LogP contribution in [-0.2, 0) is 0 Å². The Morgan fingerprint density at radius 2 is 0.930 bits per heavy atom. The molecule has 57 heavy (non-hydrogen) atoms. The van der Waals surface area contributed by atoms with Crippen molar-refractivity contribution in [3.63, 3.8) is 0 Å². The molecule has 0 saturated heterocycles. The Hall–Kier alpha value is -7.13. The first-order valence-corrected chi connectivity index (χ1v) is 20.3. The maximum Gasteiger partial charge on any atom is 0.180 e. The lowest BCUT2D eigenvalue weighted by Crippen LogP contribution is -2.00. The van der Waals surface area contributed by atoms with E-state index < -0.39 is 0 Å². The highest BCUT2D eigenvalue weighted by Crippen LogP contribution is 2.43. The highest BCUT2D eigenvalue weighted by atomic mass is 32.1. The van der Waals surface area contributed by atoms with E-state index in [0.717, 1.165) is 70.2 Å². The summed E-state index contributed by atoms with van der Waals surface area (Å²) in [6.07, 6.45) is 0. The number of thiophene rings is 2. The maximum absolute atomic E-state index is 6.36. The van der Waals surface area contributed by atoms with E-state index in [4.69, 9.17) is 29.3 Å². The summed E-state index contributed by atoms with van der Waals surface area (Å²) in [6.45, 7) is 0. The second-order valence-corrected chi connectivity index (χ2v) is 16.1. The minimum atomic E-state index is 0.641. The first-order chi connectivity index (χ1) is 28.2. The van der Waals surface area contributed by atoms with E-state index >= 15 is 0 Å². The van der Waals surface area contributed by atoms with Gasteiger partial charge in [0.05, 0.1) is 0 Å². The van der Waals surface area contributed by atoms with Crippen LogP contribution < -0.4 is 0 Å². The van der Waals surface area contributed by atoms with E-state index in [1.165, 1.54) is 20.2 Å². The van der Waals surface area contributed by atoms with Crippen LogP contribution in [0.4, 0.5) is 0 Å². The van der Waals surface area contributed by atoms with Gasteiger partial charge in [0.2, 0.25) is 0 Å². The molecule has 7 aromatic carbocycles. The summed E-state index contributed by atoms with van der Waals surface area (Å²) < 4.78 is 11.0. The van der Waals surface area contributed by atoms with Crippen molar-refractivity contribution in [3.05, 3.63) is 164 Å². The van der Waals surface area contributed by atoms with E-state index in [0.29, 0.717) is 28.9 Å². The van der Waals surface area contributed by atoms with Crippen molar-refractivity contribution in [2.45, 2.75) is 0 Å². The van der Waals surface area contributed by atoms with Crippen LogP contribution in [0.15, 0.2) is 168 Å². The fourth-order valence-corrected chi connectivity index (χ4v) is 10.3. The molecule has 0 unspecified atom stereocenters. The van der Waals surface area contributed by atoms with Crippen LogP contribution >= 0.6 is 22.7 Å². The van der Waals surface area contributed by atoms with Crippen LogP contribution in [0, 0.1) is 0 Å². The van der Waals surface area contributed by atoms with Gasteiger partial charge in [0.25, 0.3) is 0 Å². The van der Waals surface area contributed by atoms with E-state index in [2.05, 4.69) is 109 Å². The predicted octanol–water partition coefficient (Wildman–Crippen LogP) is 13.6. The zero-order chi connectivity index (χ0) is 37.5. The largest absolute Gasteiger partial charge is 0.452 e. The monoisotopic (exact) mass is 765 g/mol. The molecule has 0 radical (unpaired) electrons. The van der Waals surface area contributed by atoms with Crippen molar-refractivity contribution in [2.75, 3.05) is 0 Å². The Bertz CT molecular complexity index is 3540. The standard InChI is InChI=1S/C49H27N5OS2/c1-3-13-28(14-4-1)41-43-42(35-18-7-9-23-38(35)55-43)51-47(50-41)30-25-26-32-34-20-12-22-37(45(34)57-40(32)27-30)49-53-46(29-15-5-2-6-16-29)52-48(54-49)36-21-11-19-33-31-17-8-10-24-39(31)56-44(33)36/h1-27H. The first kappa shape index (κ1) is 32.1. The van der Waals surface area contributed by atoms with Crippen LogP contribution in [0.25, 0.3) is 119 Å². The average Bonchev–Trinajstić information content (AvgIpc) is 3.97. The molecule has 0 aliphatic heterocycles. The topological polar surface area (TPSA) is 77.6 Å². The second kappa shape index (κ2) is 12.7. The van der Waals surface area contributed by atoms with Crippen molar-refractivity contribution in [2.24, 2.45) is 0 Å². The number of fused-ring (bicyclic) bond motifs is 9. The lowest BCUT2D eigenvalue weighted by atomic mass is 10.1. The summed E-state index contributed by atoms with van der Waals surface area (Å²) in [4.78, 5) is 25.8. The molecule has 0 spiro atoms. The normalized spacial score (nSPS) is 11.9. The van der Waals surface area contributed by atoms with Gasteiger partial charge in [-0.05, 0) is 36.4 Å². The van der Waals surface area contributed by atoms with Gasteiger partial charge in [0, 0.05) is 73.5 Å². The number of rotatable bonds is 5. The van der Waals surface area contributed by atoms with E-state index in [1.807, 2.05) is 54.6 Å². The van der Waals surface area contributed by atoms with Gasteiger partial charge in [0.15, 0.2) is 28.9 Å². The molecular weight excluding hydrogens is 739 g/mol. The minimum Gasteiger partial charge on any atom is -0.452 e. The van der Waals surface area contributed by atoms with Gasteiger partial charge in [-0.25, -0.2) is 24.9 Å². The molecule has 0 saturated carbocycles. The highest BCUT2D eigenvalue weighted by molar-refractivity contribution is 7.26. The van der Waals surface area contributed by atoms with Gasteiger partial charge in [-0.15, -0.1) is 22.7 Å². The zero-order valence-electron chi connectivity index (χ0n) is 30.0. The molecule has 5 aromatic heterocycles. The third-order valence-corrected chi connectivity index (χ3v) is 13.0. The van der Waals surface area contributed by atoms with Crippen LogP contribution in [0.3, 0.4) is 0 Å². The first-order valence-electron chi connectivity index (χ1n) is 18.7. The van der Waals surface area contributed by atoms with Crippen LogP contribution in [0.2, 0.25) is 0 Å². The predicted molar refractivity (Wildman–Crippen MR) is 236 cm³/mol. The summed E-state index contributed by atoms with van der Waals surface area (Å²) in [5.41, 5.74) is 7.88. The van der Waals surface area contributed by atoms with Gasteiger partial charge in [0.1, 0.15) is 16.8 Å². The molecule has 0 aliphatic carbocycles. The van der Waals surface area contributed by atoms with Crippen molar-refractivity contribution >= 4 is 85.1 Å². The Morgan fingerprint density at radius 1 is 0.368 bits per heavy atom. The van der Waals surface area contributed by atoms with E-state index in [-0.39, 0.29) is 0 Å². The fourth-order valence-electron chi connectivity index (χ4n) is 7.88. The van der Waals surface area contributed by atoms with Gasteiger partial charge >= 0.3 is 0 Å². The molecule has 266 valence electrons. The smallest absolute Gasteiger partial charge is 0.180 e. The number of furan rings is 1. The molecule has 0 bridgehead atoms. The number of hydrogen-bond acceptors (Lipinski definition) is 8. The number of aromatic nitrogens is 5. The zero-order valence-corrected chi connectivity index (χ0v) is 31.7. The van der Waals surface area contributed by atoms with Crippen molar-refractivity contribution < 1.29 is 4.42 Å². The molecule has 0 atom stereocenters. The lowest BCUT2D eigenvalue weighted by molar-refractivity contribution is 0.667. The molecule has 12 aromatic rings. The summed E-state index contributed by atoms with van der Waals surface area (Å²) in [7, 11) is 0. The molecule has 0 amide bonds. The molecule has 0 N–H and O–H groups in total. The molecular formula is C49H27N5OS2. The van der Waals surface area contributed by atoms with Crippen LogP contribution in [0.1, 0.15) is 0 Å². The molecule has 12 rings (SSSR count). The summed E-state index contributed by atoms with van der Waals surface area (Å²) >= 11 is 3.52. The molecule has 6 nitrogen and oxygen atoms in total. The quantitative estimate of drug-likeness (QED) is 0.174. The molecule has 0 fully saturated rings. The average molecular weight is 766 g/mol. The van der Waals surface area contributed by atoms with Crippen molar-refractivity contribution in [1.82, 2.24) is 24.9 Å². The minimum absolute atomic E-state index is 0.641. The fraction of sp³-hybridized carbons (Fsp3) is 0. The number of hydrogen-bond donors (Lipinski definition) is 0. The number of nitrogens with zero attached hydrogens (tertiary/aromatic N) is 5. The second-order valence-electron chi connectivity index (χ2n) is 14.0. The molecule has 5 heterocycles. The van der Waals surface area contributed by atoms with Gasteiger partial charge in [-0.1, -0.05) is 127 Å². The van der Waals surface area contributed by atoms with Gasteiger partial charge < -0.3 is 4.42 Å². The third-order valence-electron chi connectivity index (χ3n) is 10.6. The van der Waals surface area contributed by atoms with Crippen molar-refractivity contribution in [1.29, 1.82) is 0 Å². The maximum atomic E-state index is 6.36. The van der Waals surface area contributed by atoms with Crippen LogP contribution in [-0.4, -0.2) is 24.9 Å². The molecule has 0 aliphatic rings. The number of benzene rings is 7. The summed E-state index contributed by atoms with van der Waals surface area (Å²) in [5, 5.41) is 5.73. The summed E-state index contributed by atoms with van der Waals surface area (Å²) in [5.74, 6) is 2.59. The highest BCUT2D eigenvalue weighted by Gasteiger charge is 2.21. The third kappa shape index (κ3) is 5.19. The molecule has 8 heteroatoms. The Morgan fingerprint density at radius 3 is 1.67 bits per heavy atom. The summed E-state index contributed by atoms with van der Waals surface area (Å²) in [6, 6.07) is 56.3. The number of para-hydroxylation sites is 1. The SMILES string of the molecule is c1ccc(-c2nc(-c3cccc4c3sc3ccccc34)nc(-c3cccc4c3sc3cc(-c5nc(-c6ccccc6)c6oc7ccccc7c6n5)ccc34)n2)cc1. The van der Waals surface area contributed by atoms with Gasteiger partial charge in [-0.2, -0.15) is 0 Å². The lowest BCUT2D eigenvalue weighted by Gasteiger charge is -2.09. The van der Waals surface area contributed by atoms with E-state index in [1.54, 1.807) is 22.7 Å². The Labute approximate surface area is 333 Å². The van der Waals surface area contributed by atoms with Crippen molar-refractivity contribution in [3.8, 4) is 56.8 Å².